The van der Waals surface area contributed by atoms with Crippen LogP contribution in [0.2, 0.25) is 0 Å². The third kappa shape index (κ3) is 3.99. The van der Waals surface area contributed by atoms with Gasteiger partial charge >= 0.3 is 11.8 Å². The van der Waals surface area contributed by atoms with Crippen LogP contribution in [0.5, 0.6) is 0 Å². The fourth-order valence-corrected chi connectivity index (χ4v) is 1.43. The van der Waals surface area contributed by atoms with Gasteiger partial charge in [0.15, 0.2) is 0 Å². The molecule has 0 bridgehead atoms. The number of nitrogens with zero attached hydrogens (tertiary/aromatic N) is 1. The maximum absolute atomic E-state index is 13.3. The Bertz CT molecular complexity index is 480. The van der Waals surface area contributed by atoms with Gasteiger partial charge in [0.2, 0.25) is 0 Å². The van der Waals surface area contributed by atoms with Gasteiger partial charge in [0.1, 0.15) is 11.6 Å². The van der Waals surface area contributed by atoms with Crippen LogP contribution in [0.15, 0.2) is 18.2 Å². The quantitative estimate of drug-likeness (QED) is 0.794. The summed E-state index contributed by atoms with van der Waals surface area (Å²) in [5.74, 6) is -3.68. The minimum atomic E-state index is -1.04. The van der Waals surface area contributed by atoms with Crippen LogP contribution in [0, 0.1) is 11.6 Å². The number of halogens is 2. The van der Waals surface area contributed by atoms with E-state index in [0.29, 0.717) is 6.07 Å². The van der Waals surface area contributed by atoms with Crippen molar-refractivity contribution in [3.8, 4) is 0 Å². The maximum atomic E-state index is 13.3. The average Bonchev–Trinajstić information content (AvgIpc) is 2.38. The Balaban J connectivity index is 2.76. The lowest BCUT2D eigenvalue weighted by atomic mass is 10.3. The van der Waals surface area contributed by atoms with Crippen molar-refractivity contribution in [2.45, 2.75) is 6.92 Å². The van der Waals surface area contributed by atoms with E-state index in [2.05, 4.69) is 5.32 Å². The molecule has 1 aromatic rings. The van der Waals surface area contributed by atoms with Crippen LogP contribution < -0.4 is 5.32 Å². The third-order valence-corrected chi connectivity index (χ3v) is 2.41. The largest absolute Gasteiger partial charge is 0.395 e. The van der Waals surface area contributed by atoms with Crippen molar-refractivity contribution >= 4 is 17.5 Å². The van der Waals surface area contributed by atoms with Gasteiger partial charge < -0.3 is 15.3 Å². The van der Waals surface area contributed by atoms with Gasteiger partial charge in [-0.25, -0.2) is 8.78 Å². The molecular formula is C12H14F2N2O3. The first-order valence-corrected chi connectivity index (χ1v) is 5.65. The van der Waals surface area contributed by atoms with E-state index >= 15 is 0 Å². The molecule has 0 saturated heterocycles. The van der Waals surface area contributed by atoms with E-state index in [-0.39, 0.29) is 25.4 Å². The van der Waals surface area contributed by atoms with Crippen molar-refractivity contribution in [3.63, 3.8) is 0 Å². The highest BCUT2D eigenvalue weighted by molar-refractivity contribution is 6.39. The zero-order valence-corrected chi connectivity index (χ0v) is 10.3. The van der Waals surface area contributed by atoms with E-state index < -0.39 is 23.4 Å². The topological polar surface area (TPSA) is 69.6 Å². The van der Waals surface area contributed by atoms with Crippen LogP contribution in [-0.4, -0.2) is 41.5 Å². The summed E-state index contributed by atoms with van der Waals surface area (Å²) >= 11 is 0. The van der Waals surface area contributed by atoms with E-state index in [1.165, 1.54) is 0 Å². The van der Waals surface area contributed by atoms with Crippen LogP contribution in [0.25, 0.3) is 0 Å². The molecular weight excluding hydrogens is 258 g/mol. The van der Waals surface area contributed by atoms with Gasteiger partial charge in [0.05, 0.1) is 12.3 Å². The van der Waals surface area contributed by atoms with E-state index in [4.69, 9.17) is 5.11 Å². The summed E-state index contributed by atoms with van der Waals surface area (Å²) in [6.07, 6.45) is 0. The molecule has 0 radical (unpaired) electrons. The molecule has 2 amide bonds. The predicted molar refractivity (Wildman–Crippen MR) is 64.3 cm³/mol. The van der Waals surface area contributed by atoms with Crippen molar-refractivity contribution in [3.05, 3.63) is 29.8 Å². The molecule has 1 rings (SSSR count). The molecule has 0 aliphatic heterocycles. The zero-order chi connectivity index (χ0) is 14.4. The van der Waals surface area contributed by atoms with Crippen LogP contribution in [0.4, 0.5) is 14.5 Å². The number of anilines is 1. The molecule has 0 fully saturated rings. The summed E-state index contributed by atoms with van der Waals surface area (Å²) in [7, 11) is 0. The maximum Gasteiger partial charge on any atom is 0.313 e. The molecule has 1 aromatic carbocycles. The molecule has 0 aliphatic rings. The summed E-state index contributed by atoms with van der Waals surface area (Å²) in [5, 5.41) is 10.8. The Hall–Kier alpha value is -2.02. The Morgan fingerprint density at radius 2 is 2.05 bits per heavy atom. The number of hydrogen-bond acceptors (Lipinski definition) is 3. The number of rotatable bonds is 4. The molecule has 0 saturated carbocycles. The first-order valence-electron chi connectivity index (χ1n) is 5.65. The number of carbonyl (C=O) groups is 2. The molecule has 0 heterocycles. The summed E-state index contributed by atoms with van der Waals surface area (Å²) in [5.41, 5.74) is -0.278. The van der Waals surface area contributed by atoms with Crippen molar-refractivity contribution < 1.29 is 23.5 Å². The van der Waals surface area contributed by atoms with Crippen molar-refractivity contribution in [2.75, 3.05) is 25.0 Å². The summed E-state index contributed by atoms with van der Waals surface area (Å²) in [6.45, 7) is 1.60. The number of hydrogen-bond donors (Lipinski definition) is 2. The van der Waals surface area contributed by atoms with Gasteiger partial charge in [0, 0.05) is 19.2 Å². The van der Waals surface area contributed by atoms with Crippen LogP contribution >= 0.6 is 0 Å². The SMILES string of the molecule is CCN(CCO)C(=O)C(=O)Nc1ccc(F)cc1F. The fraction of sp³-hybridized carbons (Fsp3) is 0.333. The van der Waals surface area contributed by atoms with Gasteiger partial charge in [0.25, 0.3) is 0 Å². The van der Waals surface area contributed by atoms with Crippen molar-refractivity contribution in [2.24, 2.45) is 0 Å². The third-order valence-electron chi connectivity index (χ3n) is 2.41. The normalized spacial score (nSPS) is 10.1. The van der Waals surface area contributed by atoms with E-state index in [1.807, 2.05) is 0 Å². The van der Waals surface area contributed by atoms with E-state index in [1.54, 1.807) is 6.92 Å². The van der Waals surface area contributed by atoms with E-state index in [0.717, 1.165) is 17.0 Å². The summed E-state index contributed by atoms with van der Waals surface area (Å²) < 4.78 is 26.0. The molecule has 5 nitrogen and oxygen atoms in total. The first-order chi connectivity index (χ1) is 8.99. The summed E-state index contributed by atoms with van der Waals surface area (Å²) in [4.78, 5) is 24.3. The molecule has 2 N–H and O–H groups in total. The van der Waals surface area contributed by atoms with Crippen LogP contribution in [0.3, 0.4) is 0 Å². The second-order valence-electron chi connectivity index (χ2n) is 3.69. The predicted octanol–water partition coefficient (Wildman–Crippen LogP) is 0.744. The first kappa shape index (κ1) is 15.0. The molecule has 19 heavy (non-hydrogen) atoms. The van der Waals surface area contributed by atoms with Gasteiger partial charge in [-0.2, -0.15) is 0 Å². The lowest BCUT2D eigenvalue weighted by Gasteiger charge is -2.18. The highest BCUT2D eigenvalue weighted by Crippen LogP contribution is 2.14. The number of carbonyl (C=O) groups excluding carboxylic acids is 2. The molecule has 7 heteroatoms. The molecule has 0 aliphatic carbocycles. The average molecular weight is 272 g/mol. The lowest BCUT2D eigenvalue weighted by Crippen LogP contribution is -2.41. The van der Waals surface area contributed by atoms with Gasteiger partial charge in [-0.1, -0.05) is 0 Å². The Morgan fingerprint density at radius 1 is 1.37 bits per heavy atom. The van der Waals surface area contributed by atoms with Crippen LogP contribution in [0.1, 0.15) is 6.92 Å². The molecule has 0 spiro atoms. The van der Waals surface area contributed by atoms with E-state index in [9.17, 15) is 18.4 Å². The highest BCUT2D eigenvalue weighted by Gasteiger charge is 2.21. The second kappa shape index (κ2) is 6.79. The number of aliphatic hydroxyl groups is 1. The minimum Gasteiger partial charge on any atom is -0.395 e. The monoisotopic (exact) mass is 272 g/mol. The molecule has 0 atom stereocenters. The number of aliphatic hydroxyl groups excluding tert-OH is 1. The van der Waals surface area contributed by atoms with Crippen molar-refractivity contribution in [1.82, 2.24) is 4.90 Å². The lowest BCUT2D eigenvalue weighted by molar-refractivity contribution is -0.143. The zero-order valence-electron chi connectivity index (χ0n) is 10.3. The Morgan fingerprint density at radius 3 is 2.58 bits per heavy atom. The smallest absolute Gasteiger partial charge is 0.313 e. The number of nitrogens with one attached hydrogen (secondary N) is 1. The molecule has 0 unspecified atom stereocenters. The number of likely N-dealkylation sites (N-methyl/N-ethyl adjacent to an activating group) is 1. The van der Waals surface area contributed by atoms with Gasteiger partial charge in [-0.3, -0.25) is 9.59 Å². The standard InChI is InChI=1S/C12H14F2N2O3/c1-2-16(5-6-17)12(19)11(18)15-10-4-3-8(13)7-9(10)14/h3-4,7,17H,2,5-6H2,1H3,(H,15,18). The molecule has 104 valence electrons. The Labute approximate surface area is 108 Å². The Kier molecular flexibility index (Phi) is 5.37. The number of benzene rings is 1. The fourth-order valence-electron chi connectivity index (χ4n) is 1.43. The minimum absolute atomic E-state index is 0.00858. The van der Waals surface area contributed by atoms with Crippen molar-refractivity contribution in [1.29, 1.82) is 0 Å². The summed E-state index contributed by atoms with van der Waals surface area (Å²) in [6, 6.07) is 2.60. The number of amides is 2. The highest BCUT2D eigenvalue weighted by atomic mass is 19.1. The second-order valence-corrected chi connectivity index (χ2v) is 3.69. The molecule has 0 aromatic heterocycles. The van der Waals surface area contributed by atoms with Gasteiger partial charge in [-0.15, -0.1) is 0 Å². The van der Waals surface area contributed by atoms with Gasteiger partial charge in [-0.05, 0) is 19.1 Å². The van der Waals surface area contributed by atoms with Crippen LogP contribution in [-0.2, 0) is 9.59 Å².